The molecule has 1 atom stereocenters. The second-order valence-corrected chi connectivity index (χ2v) is 9.42. The van der Waals surface area contributed by atoms with E-state index in [4.69, 9.17) is 11.6 Å². The number of carbonyl (C=O) groups excluding carboxylic acids is 2. The van der Waals surface area contributed by atoms with Crippen LogP contribution in [0.25, 0.3) is 0 Å². The highest BCUT2D eigenvalue weighted by Crippen LogP contribution is 2.25. The number of nitrogens with zero attached hydrogens (tertiary/aromatic N) is 2. The van der Waals surface area contributed by atoms with E-state index in [9.17, 15) is 22.4 Å². The molecular formula is C21H25ClFN3O4S. The first kappa shape index (κ1) is 24.6. The zero-order valence-electron chi connectivity index (χ0n) is 17.7. The predicted octanol–water partition coefficient (Wildman–Crippen LogP) is 2.72. The van der Waals surface area contributed by atoms with Crippen LogP contribution in [0.15, 0.2) is 42.5 Å². The lowest BCUT2D eigenvalue weighted by atomic mass is 10.1. The molecule has 0 aliphatic carbocycles. The highest BCUT2D eigenvalue weighted by atomic mass is 35.5. The number of sulfonamides is 1. The number of nitrogens with one attached hydrogen (secondary N) is 1. The second kappa shape index (κ2) is 10.1. The predicted molar refractivity (Wildman–Crippen MR) is 119 cm³/mol. The van der Waals surface area contributed by atoms with E-state index in [1.807, 2.05) is 31.2 Å². The fraction of sp³-hybridized carbons (Fsp3) is 0.333. The number of anilines is 1. The number of halogens is 2. The first-order chi connectivity index (χ1) is 14.5. The molecule has 7 nitrogen and oxygen atoms in total. The lowest BCUT2D eigenvalue weighted by molar-refractivity contribution is -0.139. The van der Waals surface area contributed by atoms with E-state index >= 15 is 0 Å². The Kier molecular flexibility index (Phi) is 8.02. The van der Waals surface area contributed by atoms with Gasteiger partial charge in [0.1, 0.15) is 18.4 Å². The molecule has 0 aliphatic rings. The number of hydrogen-bond acceptors (Lipinski definition) is 4. The van der Waals surface area contributed by atoms with Crippen molar-refractivity contribution in [2.75, 3.05) is 24.2 Å². The summed E-state index contributed by atoms with van der Waals surface area (Å²) in [6.07, 6.45) is 0.936. The Bertz CT molecular complexity index is 1080. The zero-order chi connectivity index (χ0) is 23.3. The van der Waals surface area contributed by atoms with Crippen molar-refractivity contribution < 1.29 is 22.4 Å². The monoisotopic (exact) mass is 469 g/mol. The molecule has 10 heteroatoms. The lowest BCUT2D eigenvalue weighted by Crippen LogP contribution is -2.50. The molecule has 0 spiro atoms. The van der Waals surface area contributed by atoms with Crippen LogP contribution >= 0.6 is 11.6 Å². The Morgan fingerprint density at radius 3 is 2.39 bits per heavy atom. The van der Waals surface area contributed by atoms with Crippen molar-refractivity contribution in [3.63, 3.8) is 0 Å². The second-order valence-electron chi connectivity index (χ2n) is 7.11. The van der Waals surface area contributed by atoms with E-state index < -0.39 is 40.2 Å². The lowest BCUT2D eigenvalue weighted by Gasteiger charge is -2.31. The molecule has 0 unspecified atom stereocenters. The third-order valence-corrected chi connectivity index (χ3v) is 6.32. The third-order valence-electron chi connectivity index (χ3n) is 4.89. The van der Waals surface area contributed by atoms with Crippen molar-refractivity contribution in [1.82, 2.24) is 10.2 Å². The van der Waals surface area contributed by atoms with Gasteiger partial charge in [-0.3, -0.25) is 13.9 Å². The molecule has 2 aromatic carbocycles. The Hall–Kier alpha value is -2.65. The molecule has 0 saturated carbocycles. The molecule has 2 aromatic rings. The van der Waals surface area contributed by atoms with Gasteiger partial charge in [0.25, 0.3) is 0 Å². The SMILES string of the molecule is CNC(=O)[C@@H](C)N(Cc1ccccc1C)C(=O)CN(c1ccc(F)c(Cl)c1)S(C)(=O)=O. The smallest absolute Gasteiger partial charge is 0.244 e. The molecule has 0 saturated heterocycles. The van der Waals surface area contributed by atoms with Gasteiger partial charge in [0, 0.05) is 13.6 Å². The maximum Gasteiger partial charge on any atom is 0.244 e. The van der Waals surface area contributed by atoms with Crippen LogP contribution in [0.1, 0.15) is 18.1 Å². The highest BCUT2D eigenvalue weighted by Gasteiger charge is 2.30. The quantitative estimate of drug-likeness (QED) is 0.644. The van der Waals surface area contributed by atoms with Gasteiger partial charge in [-0.1, -0.05) is 35.9 Å². The number of hydrogen-bond donors (Lipinski definition) is 1. The molecule has 0 heterocycles. The minimum Gasteiger partial charge on any atom is -0.357 e. The van der Waals surface area contributed by atoms with Crippen LogP contribution in [0.3, 0.4) is 0 Å². The van der Waals surface area contributed by atoms with Crippen molar-refractivity contribution in [3.05, 3.63) is 64.4 Å². The maximum atomic E-state index is 13.5. The average Bonchev–Trinajstić information content (AvgIpc) is 2.71. The van der Waals surface area contributed by atoms with Crippen LogP contribution in [-0.2, 0) is 26.2 Å². The van der Waals surface area contributed by atoms with Crippen LogP contribution in [-0.4, -0.2) is 51.0 Å². The molecular weight excluding hydrogens is 445 g/mol. The van der Waals surface area contributed by atoms with Gasteiger partial charge >= 0.3 is 0 Å². The van der Waals surface area contributed by atoms with Crippen LogP contribution in [0.2, 0.25) is 5.02 Å². The highest BCUT2D eigenvalue weighted by molar-refractivity contribution is 7.92. The van der Waals surface area contributed by atoms with E-state index in [-0.39, 0.29) is 17.3 Å². The normalized spacial score (nSPS) is 12.2. The van der Waals surface area contributed by atoms with Crippen molar-refractivity contribution in [2.24, 2.45) is 0 Å². The Labute approximate surface area is 186 Å². The van der Waals surface area contributed by atoms with E-state index in [2.05, 4.69) is 5.32 Å². The fourth-order valence-corrected chi connectivity index (χ4v) is 4.03. The summed E-state index contributed by atoms with van der Waals surface area (Å²) in [4.78, 5) is 26.8. The summed E-state index contributed by atoms with van der Waals surface area (Å²) in [6.45, 7) is 2.98. The first-order valence-electron chi connectivity index (χ1n) is 9.44. The Balaban J connectivity index is 2.42. The third kappa shape index (κ3) is 6.18. The van der Waals surface area contributed by atoms with Gasteiger partial charge in [-0.05, 0) is 43.2 Å². The number of rotatable bonds is 8. The van der Waals surface area contributed by atoms with Crippen LogP contribution in [0.5, 0.6) is 0 Å². The molecule has 2 rings (SSSR count). The topological polar surface area (TPSA) is 86.8 Å². The number of amides is 2. The summed E-state index contributed by atoms with van der Waals surface area (Å²) in [7, 11) is -2.45. The Morgan fingerprint density at radius 2 is 1.84 bits per heavy atom. The first-order valence-corrected chi connectivity index (χ1v) is 11.7. The molecule has 0 fully saturated rings. The molecule has 1 N–H and O–H groups in total. The van der Waals surface area contributed by atoms with Crippen molar-refractivity contribution in [1.29, 1.82) is 0 Å². The number of aryl methyl sites for hydroxylation is 1. The minimum atomic E-state index is -3.90. The average molecular weight is 470 g/mol. The van der Waals surface area contributed by atoms with Crippen molar-refractivity contribution >= 4 is 39.1 Å². The fourth-order valence-electron chi connectivity index (χ4n) is 3.02. The Morgan fingerprint density at radius 1 is 1.19 bits per heavy atom. The van der Waals surface area contributed by atoms with Gasteiger partial charge in [-0.2, -0.15) is 0 Å². The van der Waals surface area contributed by atoms with Gasteiger partial charge in [-0.25, -0.2) is 12.8 Å². The van der Waals surface area contributed by atoms with Crippen molar-refractivity contribution in [3.8, 4) is 0 Å². The summed E-state index contributed by atoms with van der Waals surface area (Å²) >= 11 is 5.80. The molecule has 0 aromatic heterocycles. The van der Waals surface area contributed by atoms with E-state index in [1.54, 1.807) is 6.92 Å². The molecule has 2 amide bonds. The molecule has 31 heavy (non-hydrogen) atoms. The molecule has 168 valence electrons. The van der Waals surface area contributed by atoms with Crippen LogP contribution in [0.4, 0.5) is 10.1 Å². The van der Waals surface area contributed by atoms with E-state index in [0.29, 0.717) is 0 Å². The molecule has 0 bridgehead atoms. The van der Waals surface area contributed by atoms with Gasteiger partial charge in [-0.15, -0.1) is 0 Å². The summed E-state index contributed by atoms with van der Waals surface area (Å²) in [5.74, 6) is -1.69. The summed E-state index contributed by atoms with van der Waals surface area (Å²) < 4.78 is 39.2. The zero-order valence-corrected chi connectivity index (χ0v) is 19.3. The number of benzene rings is 2. The van der Waals surface area contributed by atoms with Crippen LogP contribution < -0.4 is 9.62 Å². The van der Waals surface area contributed by atoms with Gasteiger partial charge in [0.05, 0.1) is 17.0 Å². The van der Waals surface area contributed by atoms with Gasteiger partial charge in [0.15, 0.2) is 0 Å². The van der Waals surface area contributed by atoms with Gasteiger partial charge in [0.2, 0.25) is 21.8 Å². The molecule has 0 radical (unpaired) electrons. The van der Waals surface area contributed by atoms with Crippen molar-refractivity contribution in [2.45, 2.75) is 26.4 Å². The summed E-state index contributed by atoms with van der Waals surface area (Å²) in [5.41, 5.74) is 1.79. The van der Waals surface area contributed by atoms with E-state index in [1.165, 1.54) is 18.0 Å². The maximum absolute atomic E-state index is 13.5. The number of likely N-dealkylation sites (N-methyl/N-ethyl adjacent to an activating group) is 1. The van der Waals surface area contributed by atoms with Crippen LogP contribution in [0, 0.1) is 12.7 Å². The minimum absolute atomic E-state index is 0.0469. The summed E-state index contributed by atoms with van der Waals surface area (Å²) in [5, 5.41) is 2.24. The standard InChI is InChI=1S/C21H25ClFN3O4S/c1-14-7-5-6-8-16(14)12-25(15(2)21(28)24-3)20(27)13-26(31(4,29)30)17-9-10-19(23)18(22)11-17/h5-11,15H,12-13H2,1-4H3,(H,24,28)/t15-/m1/s1. The van der Waals surface area contributed by atoms with Gasteiger partial charge < -0.3 is 10.2 Å². The largest absolute Gasteiger partial charge is 0.357 e. The van der Waals surface area contributed by atoms with E-state index in [0.717, 1.165) is 33.8 Å². The molecule has 0 aliphatic heterocycles. The summed E-state index contributed by atoms with van der Waals surface area (Å²) in [6, 6.07) is 9.93. The number of carbonyl (C=O) groups is 2.